The van der Waals surface area contributed by atoms with Crippen molar-refractivity contribution in [3.63, 3.8) is 0 Å². The van der Waals surface area contributed by atoms with Crippen LogP contribution in [-0.2, 0) is 9.53 Å². The van der Waals surface area contributed by atoms with Crippen molar-refractivity contribution >= 4 is 6.47 Å². The monoisotopic (exact) mass is 185 g/mol. The summed E-state index contributed by atoms with van der Waals surface area (Å²) >= 11 is 0. The van der Waals surface area contributed by atoms with Crippen LogP contribution in [0, 0.1) is 5.41 Å². The third-order valence-electron chi connectivity index (χ3n) is 2.62. The Morgan fingerprint density at radius 1 is 1.23 bits per heavy atom. The molecule has 77 valence electrons. The number of rotatable bonds is 8. The lowest BCUT2D eigenvalue weighted by molar-refractivity contribution is 0.259. The quantitative estimate of drug-likeness (QED) is 0.543. The summed E-state index contributed by atoms with van der Waals surface area (Å²) in [6, 6.07) is 0. The summed E-state index contributed by atoms with van der Waals surface area (Å²) in [5, 5.41) is 0. The summed E-state index contributed by atoms with van der Waals surface area (Å²) in [5.41, 5.74) is 0.470. The van der Waals surface area contributed by atoms with Crippen molar-refractivity contribution in [1.82, 2.24) is 0 Å². The molecule has 0 unspecified atom stereocenters. The standard InChI is InChI=1S/C11H21O2/c1-4-11(2,3)8-6-5-7-9-13-10-12/h4-9H2,1-3H3. The van der Waals surface area contributed by atoms with E-state index in [1.54, 1.807) is 0 Å². The van der Waals surface area contributed by atoms with Crippen LogP contribution in [0.5, 0.6) is 0 Å². The topological polar surface area (TPSA) is 26.3 Å². The van der Waals surface area contributed by atoms with Gasteiger partial charge in [0.05, 0.1) is 6.61 Å². The lowest BCUT2D eigenvalue weighted by atomic mass is 9.84. The summed E-state index contributed by atoms with van der Waals surface area (Å²) in [4.78, 5) is 9.70. The molecule has 0 saturated heterocycles. The predicted octanol–water partition coefficient (Wildman–Crippen LogP) is 3.07. The minimum atomic E-state index is 0.470. The zero-order chi connectivity index (χ0) is 10.2. The van der Waals surface area contributed by atoms with Crippen molar-refractivity contribution in [3.05, 3.63) is 0 Å². The third kappa shape index (κ3) is 7.82. The van der Waals surface area contributed by atoms with Gasteiger partial charge in [-0.05, 0) is 18.3 Å². The maximum Gasteiger partial charge on any atom is 0.417 e. The summed E-state index contributed by atoms with van der Waals surface area (Å²) in [6.07, 6.45) is 5.82. The molecule has 0 saturated carbocycles. The molecule has 0 fully saturated rings. The first-order valence-electron chi connectivity index (χ1n) is 5.11. The molecule has 1 radical (unpaired) electrons. The fourth-order valence-electron chi connectivity index (χ4n) is 1.17. The second-order valence-corrected chi connectivity index (χ2v) is 4.26. The van der Waals surface area contributed by atoms with Crippen LogP contribution in [0.2, 0.25) is 0 Å². The Kier molecular flexibility index (Phi) is 6.65. The van der Waals surface area contributed by atoms with E-state index < -0.39 is 0 Å². The minimum absolute atomic E-state index is 0.470. The second-order valence-electron chi connectivity index (χ2n) is 4.26. The summed E-state index contributed by atoms with van der Waals surface area (Å²) in [6.45, 7) is 8.78. The lowest BCUT2D eigenvalue weighted by Crippen LogP contribution is -2.09. The van der Waals surface area contributed by atoms with E-state index in [1.807, 2.05) is 0 Å². The number of hydrogen-bond acceptors (Lipinski definition) is 2. The molecule has 0 aromatic heterocycles. The van der Waals surface area contributed by atoms with Crippen LogP contribution in [0.3, 0.4) is 0 Å². The third-order valence-corrected chi connectivity index (χ3v) is 2.62. The SMILES string of the molecule is CCC(C)(C)CCCCCO[C]=O. The van der Waals surface area contributed by atoms with Crippen molar-refractivity contribution in [2.45, 2.75) is 52.9 Å². The van der Waals surface area contributed by atoms with Gasteiger partial charge in [-0.3, -0.25) is 0 Å². The highest BCUT2D eigenvalue weighted by molar-refractivity contribution is 5.37. The van der Waals surface area contributed by atoms with Crippen molar-refractivity contribution < 1.29 is 9.53 Å². The molecule has 0 aliphatic carbocycles. The van der Waals surface area contributed by atoms with E-state index in [4.69, 9.17) is 0 Å². The van der Waals surface area contributed by atoms with Crippen LogP contribution in [0.1, 0.15) is 52.9 Å². The van der Waals surface area contributed by atoms with Gasteiger partial charge in [-0.15, -0.1) is 0 Å². The number of unbranched alkanes of at least 4 members (excludes halogenated alkanes) is 2. The fourth-order valence-corrected chi connectivity index (χ4v) is 1.17. The molecular weight excluding hydrogens is 164 g/mol. The number of hydrogen-bond donors (Lipinski definition) is 0. The molecule has 0 aliphatic rings. The van der Waals surface area contributed by atoms with Crippen LogP contribution in [0.15, 0.2) is 0 Å². The van der Waals surface area contributed by atoms with Gasteiger partial charge in [0.15, 0.2) is 0 Å². The van der Waals surface area contributed by atoms with E-state index in [0.717, 1.165) is 12.8 Å². The van der Waals surface area contributed by atoms with Gasteiger partial charge in [-0.25, -0.2) is 4.79 Å². The van der Waals surface area contributed by atoms with Gasteiger partial charge in [0.2, 0.25) is 0 Å². The lowest BCUT2D eigenvalue weighted by Gasteiger charge is -2.21. The molecule has 2 heteroatoms. The highest BCUT2D eigenvalue weighted by Crippen LogP contribution is 2.26. The van der Waals surface area contributed by atoms with Gasteiger partial charge >= 0.3 is 6.47 Å². The highest BCUT2D eigenvalue weighted by Gasteiger charge is 2.13. The fraction of sp³-hybridized carbons (Fsp3) is 0.909. The Morgan fingerprint density at radius 3 is 2.46 bits per heavy atom. The van der Waals surface area contributed by atoms with Crippen LogP contribution in [0.4, 0.5) is 0 Å². The zero-order valence-corrected chi connectivity index (χ0v) is 9.06. The molecular formula is C11H21O2. The molecule has 0 atom stereocenters. The second kappa shape index (κ2) is 6.93. The van der Waals surface area contributed by atoms with Crippen LogP contribution in [-0.4, -0.2) is 13.1 Å². The molecule has 2 nitrogen and oxygen atoms in total. The average molecular weight is 185 g/mol. The van der Waals surface area contributed by atoms with Gasteiger partial charge in [0.1, 0.15) is 0 Å². The number of ether oxygens (including phenoxy) is 1. The maximum atomic E-state index is 9.70. The minimum Gasteiger partial charge on any atom is -0.457 e. The van der Waals surface area contributed by atoms with Gasteiger partial charge in [0.25, 0.3) is 0 Å². The Hall–Kier alpha value is -0.530. The van der Waals surface area contributed by atoms with Gasteiger partial charge in [-0.2, -0.15) is 0 Å². The molecule has 0 aliphatic heterocycles. The molecule has 13 heavy (non-hydrogen) atoms. The van der Waals surface area contributed by atoms with E-state index in [1.165, 1.54) is 25.7 Å². The Bertz CT molecular complexity index is 130. The van der Waals surface area contributed by atoms with Crippen LogP contribution < -0.4 is 0 Å². The highest BCUT2D eigenvalue weighted by atomic mass is 16.5. The largest absolute Gasteiger partial charge is 0.457 e. The smallest absolute Gasteiger partial charge is 0.417 e. The molecule has 0 heterocycles. The normalized spacial score (nSPS) is 11.3. The van der Waals surface area contributed by atoms with Crippen molar-refractivity contribution in [1.29, 1.82) is 0 Å². The van der Waals surface area contributed by atoms with Gasteiger partial charge in [0, 0.05) is 0 Å². The van der Waals surface area contributed by atoms with Crippen LogP contribution >= 0.6 is 0 Å². The van der Waals surface area contributed by atoms with Crippen molar-refractivity contribution in [2.75, 3.05) is 6.61 Å². The van der Waals surface area contributed by atoms with E-state index >= 15 is 0 Å². The van der Waals surface area contributed by atoms with Crippen LogP contribution in [0.25, 0.3) is 0 Å². The Morgan fingerprint density at radius 2 is 1.92 bits per heavy atom. The molecule has 0 aromatic carbocycles. The Balaban J connectivity index is 3.20. The molecule has 0 rings (SSSR count). The zero-order valence-electron chi connectivity index (χ0n) is 9.06. The molecule has 0 bridgehead atoms. The molecule has 0 amide bonds. The van der Waals surface area contributed by atoms with Crippen molar-refractivity contribution in [2.24, 2.45) is 5.41 Å². The molecule has 0 aromatic rings. The summed E-state index contributed by atoms with van der Waals surface area (Å²) in [7, 11) is 0. The number of carbonyl (C=O) groups excluding carboxylic acids is 1. The van der Waals surface area contributed by atoms with Crippen molar-refractivity contribution in [3.8, 4) is 0 Å². The van der Waals surface area contributed by atoms with E-state index in [0.29, 0.717) is 12.0 Å². The van der Waals surface area contributed by atoms with E-state index in [9.17, 15) is 4.79 Å². The summed E-state index contributed by atoms with van der Waals surface area (Å²) in [5.74, 6) is 0. The van der Waals surface area contributed by atoms with Gasteiger partial charge in [-0.1, -0.05) is 40.0 Å². The molecule has 0 spiro atoms. The first kappa shape index (κ1) is 12.5. The van der Waals surface area contributed by atoms with E-state index in [-0.39, 0.29) is 0 Å². The first-order valence-corrected chi connectivity index (χ1v) is 5.11. The Labute approximate surface area is 81.7 Å². The molecule has 0 N–H and O–H groups in total. The van der Waals surface area contributed by atoms with Gasteiger partial charge < -0.3 is 4.74 Å². The first-order chi connectivity index (χ1) is 6.12. The van der Waals surface area contributed by atoms with E-state index in [2.05, 4.69) is 25.5 Å². The summed E-state index contributed by atoms with van der Waals surface area (Å²) < 4.78 is 4.49. The predicted molar refractivity (Wildman–Crippen MR) is 54.2 cm³/mol. The maximum absolute atomic E-state index is 9.70. The average Bonchev–Trinajstić information content (AvgIpc) is 2.11.